The van der Waals surface area contributed by atoms with Gasteiger partial charge in [0.25, 0.3) is 6.43 Å². The average Bonchev–Trinajstić information content (AvgIpc) is 2.25. The topological polar surface area (TPSA) is 44.5 Å². The summed E-state index contributed by atoms with van der Waals surface area (Å²) in [6.45, 7) is -0.408. The van der Waals surface area contributed by atoms with Crippen molar-refractivity contribution in [3.05, 3.63) is 23.8 Å². The van der Waals surface area contributed by atoms with Crippen molar-refractivity contribution < 1.29 is 18.3 Å². The van der Waals surface area contributed by atoms with Crippen molar-refractivity contribution >= 4 is 0 Å². The normalized spacial score (nSPS) is 10.5. The van der Waals surface area contributed by atoms with Crippen molar-refractivity contribution in [3.63, 3.8) is 0 Å². The second-order valence-electron chi connectivity index (χ2n) is 2.88. The maximum Gasteiger partial charge on any atom is 0.272 e. The Hall–Kier alpha value is -1.36. The van der Waals surface area contributed by atoms with Crippen molar-refractivity contribution in [1.29, 1.82) is 0 Å². The van der Waals surface area contributed by atoms with Crippen LogP contribution in [0.15, 0.2) is 18.2 Å². The molecule has 1 rings (SSSR count). The summed E-state index contributed by atoms with van der Waals surface area (Å²) in [5, 5.41) is 0. The van der Waals surface area contributed by atoms with Gasteiger partial charge in [0.1, 0.15) is 18.1 Å². The molecule has 0 aliphatic rings. The van der Waals surface area contributed by atoms with E-state index in [1.54, 1.807) is 18.2 Å². The molecule has 3 nitrogen and oxygen atoms in total. The van der Waals surface area contributed by atoms with E-state index in [2.05, 4.69) is 0 Å². The van der Waals surface area contributed by atoms with Gasteiger partial charge >= 0.3 is 0 Å². The highest BCUT2D eigenvalue weighted by atomic mass is 19.3. The second-order valence-corrected chi connectivity index (χ2v) is 2.88. The SMILES string of the molecule is COc1ccc(OCC(F)F)c(CN)c1. The van der Waals surface area contributed by atoms with Gasteiger partial charge in [-0.3, -0.25) is 0 Å². The first-order valence-corrected chi connectivity index (χ1v) is 4.45. The van der Waals surface area contributed by atoms with Crippen molar-refractivity contribution in [2.75, 3.05) is 13.7 Å². The van der Waals surface area contributed by atoms with Crippen LogP contribution in [0.2, 0.25) is 0 Å². The van der Waals surface area contributed by atoms with Crippen LogP contribution in [-0.4, -0.2) is 20.1 Å². The highest BCUT2D eigenvalue weighted by Crippen LogP contribution is 2.24. The highest BCUT2D eigenvalue weighted by Gasteiger charge is 2.07. The molecule has 0 bridgehead atoms. The Bertz CT molecular complexity index is 318. The number of rotatable bonds is 5. The average molecular weight is 217 g/mol. The largest absolute Gasteiger partial charge is 0.497 e. The van der Waals surface area contributed by atoms with Gasteiger partial charge in [-0.1, -0.05) is 0 Å². The number of halogens is 2. The zero-order valence-electron chi connectivity index (χ0n) is 8.37. The molecule has 2 N–H and O–H groups in total. The summed E-state index contributed by atoms with van der Waals surface area (Å²) in [5.74, 6) is 0.999. The molecule has 0 aliphatic carbocycles. The molecule has 0 unspecified atom stereocenters. The third kappa shape index (κ3) is 3.36. The second kappa shape index (κ2) is 5.50. The van der Waals surface area contributed by atoms with E-state index >= 15 is 0 Å². The summed E-state index contributed by atoms with van der Waals surface area (Å²) in [7, 11) is 1.52. The summed E-state index contributed by atoms with van der Waals surface area (Å²) in [6.07, 6.45) is -2.49. The van der Waals surface area contributed by atoms with E-state index in [1.165, 1.54) is 7.11 Å². The summed E-state index contributed by atoms with van der Waals surface area (Å²) >= 11 is 0. The monoisotopic (exact) mass is 217 g/mol. The van der Waals surface area contributed by atoms with Crippen molar-refractivity contribution in [1.82, 2.24) is 0 Å². The van der Waals surface area contributed by atoms with Gasteiger partial charge < -0.3 is 15.2 Å². The minimum atomic E-state index is -2.49. The zero-order valence-corrected chi connectivity index (χ0v) is 8.37. The van der Waals surface area contributed by atoms with Crippen LogP contribution in [0.25, 0.3) is 0 Å². The van der Waals surface area contributed by atoms with Gasteiger partial charge in [-0.25, -0.2) is 8.78 Å². The van der Waals surface area contributed by atoms with Crippen LogP contribution in [0.5, 0.6) is 11.5 Å². The van der Waals surface area contributed by atoms with Crippen LogP contribution >= 0.6 is 0 Å². The molecule has 1 aromatic rings. The van der Waals surface area contributed by atoms with Gasteiger partial charge in [0.15, 0.2) is 0 Å². The first-order valence-electron chi connectivity index (χ1n) is 4.45. The third-order valence-electron chi connectivity index (χ3n) is 1.85. The molecule has 84 valence electrons. The standard InChI is InChI=1S/C10H13F2NO2/c1-14-8-2-3-9(7(4-8)5-13)15-6-10(11)12/h2-4,10H,5-6,13H2,1H3. The molecule has 0 atom stereocenters. The van der Waals surface area contributed by atoms with Crippen molar-refractivity contribution in [2.45, 2.75) is 13.0 Å². The van der Waals surface area contributed by atoms with Crippen LogP contribution in [0, 0.1) is 0 Å². The lowest BCUT2D eigenvalue weighted by Crippen LogP contribution is -2.09. The van der Waals surface area contributed by atoms with Gasteiger partial charge in [0.05, 0.1) is 7.11 Å². The number of ether oxygens (including phenoxy) is 2. The Morgan fingerprint density at radius 2 is 2.13 bits per heavy atom. The molecule has 0 saturated carbocycles. The smallest absolute Gasteiger partial charge is 0.272 e. The predicted molar refractivity (Wildman–Crippen MR) is 52.4 cm³/mol. The Labute approximate surface area is 86.8 Å². The Kier molecular flexibility index (Phi) is 4.30. The maximum absolute atomic E-state index is 11.9. The lowest BCUT2D eigenvalue weighted by atomic mass is 10.2. The lowest BCUT2D eigenvalue weighted by molar-refractivity contribution is 0.0814. The van der Waals surface area contributed by atoms with Crippen LogP contribution in [0.4, 0.5) is 8.78 Å². The van der Waals surface area contributed by atoms with Gasteiger partial charge in [-0.05, 0) is 18.2 Å². The van der Waals surface area contributed by atoms with E-state index in [9.17, 15) is 8.78 Å². The minimum absolute atomic E-state index is 0.218. The summed E-state index contributed by atoms with van der Waals surface area (Å²) in [6, 6.07) is 4.88. The lowest BCUT2D eigenvalue weighted by Gasteiger charge is -2.11. The molecule has 0 heterocycles. The van der Waals surface area contributed by atoms with Gasteiger partial charge in [-0.15, -0.1) is 0 Å². The van der Waals surface area contributed by atoms with E-state index < -0.39 is 13.0 Å². The van der Waals surface area contributed by atoms with E-state index in [-0.39, 0.29) is 6.54 Å². The molecule has 1 aromatic carbocycles. The van der Waals surface area contributed by atoms with Crippen LogP contribution in [0.3, 0.4) is 0 Å². The Morgan fingerprint density at radius 1 is 1.40 bits per heavy atom. The van der Waals surface area contributed by atoms with E-state index in [1.807, 2.05) is 0 Å². The van der Waals surface area contributed by atoms with E-state index in [0.29, 0.717) is 17.1 Å². The molecular formula is C10H13F2NO2. The maximum atomic E-state index is 11.9. The number of nitrogens with two attached hydrogens (primary N) is 1. The van der Waals surface area contributed by atoms with Gasteiger partial charge in [0.2, 0.25) is 0 Å². The number of hydrogen-bond acceptors (Lipinski definition) is 3. The minimum Gasteiger partial charge on any atom is -0.497 e. The number of benzene rings is 1. The first kappa shape index (κ1) is 11.7. The van der Waals surface area contributed by atoms with E-state index in [4.69, 9.17) is 15.2 Å². The van der Waals surface area contributed by atoms with Gasteiger partial charge in [-0.2, -0.15) is 0 Å². The van der Waals surface area contributed by atoms with E-state index in [0.717, 1.165) is 0 Å². The quantitative estimate of drug-likeness (QED) is 0.817. The summed E-state index contributed by atoms with van der Waals surface area (Å²) in [5.41, 5.74) is 6.11. The molecule has 0 saturated heterocycles. The van der Waals surface area contributed by atoms with Crippen LogP contribution < -0.4 is 15.2 Å². The van der Waals surface area contributed by atoms with Crippen LogP contribution in [0.1, 0.15) is 5.56 Å². The van der Waals surface area contributed by atoms with Crippen LogP contribution in [-0.2, 0) is 6.54 Å². The molecule has 0 radical (unpaired) electrons. The zero-order chi connectivity index (χ0) is 11.3. The first-order chi connectivity index (χ1) is 7.17. The molecule has 0 fully saturated rings. The predicted octanol–water partition coefficient (Wildman–Crippen LogP) is 1.80. The Morgan fingerprint density at radius 3 is 2.67 bits per heavy atom. The van der Waals surface area contributed by atoms with Crippen molar-refractivity contribution in [2.24, 2.45) is 5.73 Å². The number of hydrogen-bond donors (Lipinski definition) is 1. The number of alkyl halides is 2. The fourth-order valence-corrected chi connectivity index (χ4v) is 1.14. The molecular weight excluding hydrogens is 204 g/mol. The molecule has 5 heteroatoms. The third-order valence-corrected chi connectivity index (χ3v) is 1.85. The molecule has 15 heavy (non-hydrogen) atoms. The fraction of sp³-hybridized carbons (Fsp3) is 0.400. The number of methoxy groups -OCH3 is 1. The Balaban J connectivity index is 2.78. The molecule has 0 amide bonds. The summed E-state index contributed by atoms with van der Waals surface area (Å²) < 4.78 is 33.7. The molecule has 0 spiro atoms. The molecule has 0 aromatic heterocycles. The fourth-order valence-electron chi connectivity index (χ4n) is 1.14. The summed E-state index contributed by atoms with van der Waals surface area (Å²) in [4.78, 5) is 0. The van der Waals surface area contributed by atoms with Crippen molar-refractivity contribution in [3.8, 4) is 11.5 Å². The molecule has 0 aliphatic heterocycles. The van der Waals surface area contributed by atoms with Gasteiger partial charge in [0, 0.05) is 12.1 Å². The highest BCUT2D eigenvalue weighted by molar-refractivity contribution is 5.40.